The molecule has 154 valence electrons. The van der Waals surface area contributed by atoms with E-state index >= 15 is 0 Å². The third-order valence-corrected chi connectivity index (χ3v) is 3.87. The number of carbonyl (C=O) groups is 1. The number of ether oxygens (including phenoxy) is 2. The highest BCUT2D eigenvalue weighted by Gasteiger charge is 2.25. The Bertz CT molecular complexity index is 625. The first kappa shape index (κ1) is 23.3. The minimum Gasteiger partial charge on any atom is -0.493 e. The molecule has 1 rings (SSSR count). The van der Waals surface area contributed by atoms with Crippen molar-refractivity contribution in [2.24, 2.45) is 5.41 Å². The molecule has 0 unspecified atom stereocenters. The molecule has 27 heavy (non-hydrogen) atoms. The molecular formula is C22H38N2O3. The van der Waals surface area contributed by atoms with Crippen LogP contribution in [0.5, 0.6) is 11.5 Å². The predicted octanol–water partition coefficient (Wildman–Crippen LogP) is 4.29. The molecule has 0 fully saturated rings. The van der Waals surface area contributed by atoms with Crippen molar-refractivity contribution < 1.29 is 14.3 Å². The first-order valence-electron chi connectivity index (χ1n) is 9.57. The molecule has 0 bridgehead atoms. The summed E-state index contributed by atoms with van der Waals surface area (Å²) in [4.78, 5) is 12.1. The molecule has 0 radical (unpaired) electrons. The first-order chi connectivity index (χ1) is 12.2. The van der Waals surface area contributed by atoms with E-state index in [0.717, 1.165) is 12.0 Å². The monoisotopic (exact) mass is 378 g/mol. The smallest absolute Gasteiger partial charge is 0.258 e. The van der Waals surface area contributed by atoms with Crippen LogP contribution in [0.4, 0.5) is 0 Å². The molecule has 1 amide bonds. The van der Waals surface area contributed by atoms with Gasteiger partial charge in [0, 0.05) is 23.2 Å². The van der Waals surface area contributed by atoms with Gasteiger partial charge in [0.1, 0.15) is 0 Å². The van der Waals surface area contributed by atoms with Gasteiger partial charge in [0.05, 0.1) is 7.11 Å². The second kappa shape index (κ2) is 8.96. The van der Waals surface area contributed by atoms with Crippen molar-refractivity contribution in [1.29, 1.82) is 0 Å². The van der Waals surface area contributed by atoms with Gasteiger partial charge < -0.3 is 20.1 Å². The molecule has 2 N–H and O–H groups in total. The largest absolute Gasteiger partial charge is 0.493 e. The average Bonchev–Trinajstić information content (AvgIpc) is 2.47. The lowest BCUT2D eigenvalue weighted by atomic mass is 9.82. The van der Waals surface area contributed by atoms with E-state index in [4.69, 9.17) is 9.47 Å². The summed E-state index contributed by atoms with van der Waals surface area (Å²) in [5.74, 6) is 1.09. The Morgan fingerprint density at radius 1 is 1.04 bits per heavy atom. The van der Waals surface area contributed by atoms with E-state index in [2.05, 4.69) is 45.3 Å². The molecule has 0 spiro atoms. The zero-order valence-corrected chi connectivity index (χ0v) is 18.6. The Hall–Kier alpha value is -1.75. The van der Waals surface area contributed by atoms with Crippen molar-refractivity contribution >= 4 is 5.91 Å². The highest BCUT2D eigenvalue weighted by molar-refractivity contribution is 5.78. The lowest BCUT2D eigenvalue weighted by Crippen LogP contribution is -2.43. The van der Waals surface area contributed by atoms with Crippen LogP contribution in [0.1, 0.15) is 67.4 Å². The van der Waals surface area contributed by atoms with Gasteiger partial charge in [0.15, 0.2) is 18.1 Å². The number of hydrogen-bond acceptors (Lipinski definition) is 4. The molecule has 0 saturated heterocycles. The quantitative estimate of drug-likeness (QED) is 0.708. The molecule has 1 aromatic carbocycles. The van der Waals surface area contributed by atoms with Crippen molar-refractivity contribution in [2.75, 3.05) is 13.7 Å². The van der Waals surface area contributed by atoms with E-state index in [1.54, 1.807) is 7.11 Å². The van der Waals surface area contributed by atoms with Crippen molar-refractivity contribution in [3.63, 3.8) is 0 Å². The summed E-state index contributed by atoms with van der Waals surface area (Å²) in [5.41, 5.74) is 0.889. The Kier molecular flexibility index (Phi) is 7.73. The predicted molar refractivity (Wildman–Crippen MR) is 111 cm³/mol. The molecule has 0 aliphatic heterocycles. The second-order valence-corrected chi connectivity index (χ2v) is 10.0. The van der Waals surface area contributed by atoms with Crippen LogP contribution in [0.15, 0.2) is 18.2 Å². The second-order valence-electron chi connectivity index (χ2n) is 10.0. The van der Waals surface area contributed by atoms with E-state index in [-0.39, 0.29) is 29.0 Å². The summed E-state index contributed by atoms with van der Waals surface area (Å²) < 4.78 is 11.3. The summed E-state index contributed by atoms with van der Waals surface area (Å²) in [6.45, 7) is 17.6. The van der Waals surface area contributed by atoms with E-state index < -0.39 is 0 Å². The molecule has 0 atom stereocenters. The van der Waals surface area contributed by atoms with E-state index in [9.17, 15) is 4.79 Å². The fourth-order valence-corrected chi connectivity index (χ4v) is 3.34. The molecule has 0 aromatic heterocycles. The lowest BCUT2D eigenvalue weighted by Gasteiger charge is -2.33. The van der Waals surface area contributed by atoms with Gasteiger partial charge in [-0.05, 0) is 52.5 Å². The van der Waals surface area contributed by atoms with Crippen molar-refractivity contribution in [1.82, 2.24) is 10.6 Å². The third-order valence-electron chi connectivity index (χ3n) is 3.87. The summed E-state index contributed by atoms with van der Waals surface area (Å²) in [6, 6.07) is 5.79. The number of nitrogens with one attached hydrogen (secondary N) is 2. The van der Waals surface area contributed by atoms with Gasteiger partial charge in [-0.15, -0.1) is 0 Å². The summed E-state index contributed by atoms with van der Waals surface area (Å²) in [7, 11) is 1.61. The van der Waals surface area contributed by atoms with Gasteiger partial charge in [-0.2, -0.15) is 0 Å². The van der Waals surface area contributed by atoms with Crippen LogP contribution in [-0.2, 0) is 11.3 Å². The van der Waals surface area contributed by atoms with Crippen LogP contribution >= 0.6 is 0 Å². The minimum absolute atomic E-state index is 0.0256. The minimum atomic E-state index is -0.289. The summed E-state index contributed by atoms with van der Waals surface area (Å²) in [5, 5.41) is 6.52. The maximum Gasteiger partial charge on any atom is 0.258 e. The molecule has 0 saturated carbocycles. The van der Waals surface area contributed by atoms with Crippen molar-refractivity contribution in [2.45, 2.75) is 79.4 Å². The Labute approximate surface area is 165 Å². The van der Waals surface area contributed by atoms with E-state index in [0.29, 0.717) is 18.0 Å². The molecule has 0 aliphatic carbocycles. The van der Waals surface area contributed by atoms with Gasteiger partial charge in [-0.3, -0.25) is 4.79 Å². The average molecular weight is 379 g/mol. The zero-order chi connectivity index (χ0) is 20.9. The fourth-order valence-electron chi connectivity index (χ4n) is 3.34. The SMILES string of the molecule is COc1cccc(CNC(C)(C)CC(C)(C)C)c1OCC(=O)NC(C)(C)C. The van der Waals surface area contributed by atoms with Gasteiger partial charge >= 0.3 is 0 Å². The van der Waals surface area contributed by atoms with Crippen molar-refractivity contribution in [3.05, 3.63) is 23.8 Å². The first-order valence-corrected chi connectivity index (χ1v) is 9.57. The number of carbonyl (C=O) groups excluding carboxylic acids is 1. The van der Waals surface area contributed by atoms with E-state index in [1.807, 2.05) is 39.0 Å². The third kappa shape index (κ3) is 9.14. The number of rotatable bonds is 8. The van der Waals surface area contributed by atoms with Gasteiger partial charge in [-0.1, -0.05) is 32.9 Å². The van der Waals surface area contributed by atoms with Crippen molar-refractivity contribution in [3.8, 4) is 11.5 Å². The highest BCUT2D eigenvalue weighted by Crippen LogP contribution is 2.32. The number of amides is 1. The molecule has 5 nitrogen and oxygen atoms in total. The van der Waals surface area contributed by atoms with Crippen LogP contribution in [-0.4, -0.2) is 30.7 Å². The molecular weight excluding hydrogens is 340 g/mol. The van der Waals surface area contributed by atoms with Crippen LogP contribution in [0.25, 0.3) is 0 Å². The van der Waals surface area contributed by atoms with Crippen LogP contribution in [0, 0.1) is 5.41 Å². The van der Waals surface area contributed by atoms with E-state index in [1.165, 1.54) is 0 Å². The number of methoxy groups -OCH3 is 1. The molecule has 0 aliphatic rings. The fraction of sp³-hybridized carbons (Fsp3) is 0.682. The molecule has 0 heterocycles. The maximum absolute atomic E-state index is 12.1. The number of benzene rings is 1. The Balaban J connectivity index is 2.88. The van der Waals surface area contributed by atoms with Gasteiger partial charge in [0.2, 0.25) is 0 Å². The zero-order valence-electron chi connectivity index (χ0n) is 18.6. The Morgan fingerprint density at radius 2 is 1.67 bits per heavy atom. The topological polar surface area (TPSA) is 59.6 Å². The van der Waals surface area contributed by atoms with Crippen LogP contribution in [0.3, 0.4) is 0 Å². The number of para-hydroxylation sites is 1. The normalized spacial score (nSPS) is 12.6. The summed E-state index contributed by atoms with van der Waals surface area (Å²) in [6.07, 6.45) is 1.04. The Morgan fingerprint density at radius 3 is 2.19 bits per heavy atom. The lowest BCUT2D eigenvalue weighted by molar-refractivity contribution is -0.124. The highest BCUT2D eigenvalue weighted by atomic mass is 16.5. The number of hydrogen-bond donors (Lipinski definition) is 2. The van der Waals surface area contributed by atoms with Gasteiger partial charge in [-0.25, -0.2) is 0 Å². The molecule has 1 aromatic rings. The molecule has 5 heteroatoms. The van der Waals surface area contributed by atoms with Crippen LogP contribution < -0.4 is 20.1 Å². The van der Waals surface area contributed by atoms with Crippen LogP contribution in [0.2, 0.25) is 0 Å². The van der Waals surface area contributed by atoms with Gasteiger partial charge in [0.25, 0.3) is 5.91 Å². The maximum atomic E-state index is 12.1. The summed E-state index contributed by atoms with van der Waals surface area (Å²) >= 11 is 0. The standard InChI is InChI=1S/C22H38N2O3/c1-20(2,3)15-22(7,8)23-13-16-11-10-12-17(26-9)19(16)27-14-18(25)24-21(4,5)6/h10-12,23H,13-15H2,1-9H3,(H,24,25).